The van der Waals surface area contributed by atoms with E-state index in [0.29, 0.717) is 12.3 Å². The van der Waals surface area contributed by atoms with Crippen LogP contribution in [0.15, 0.2) is 24.5 Å². The first-order chi connectivity index (χ1) is 7.79. The minimum absolute atomic E-state index is 0.267. The molecule has 0 N–H and O–H groups in total. The second-order valence-electron chi connectivity index (χ2n) is 4.20. The van der Waals surface area contributed by atoms with Crippen LogP contribution in [0.4, 0.5) is 0 Å². The summed E-state index contributed by atoms with van der Waals surface area (Å²) in [7, 11) is 0. The van der Waals surface area contributed by atoms with E-state index in [1.54, 1.807) is 6.20 Å². The molecular weight excluding hydrogens is 220 g/mol. The summed E-state index contributed by atoms with van der Waals surface area (Å²) in [6.45, 7) is 1.66. The van der Waals surface area contributed by atoms with Gasteiger partial charge in [-0.1, -0.05) is 6.07 Å². The quantitative estimate of drug-likeness (QED) is 0.802. The molecule has 2 rings (SSSR count). The Balaban J connectivity index is 1.85. The fourth-order valence-electron chi connectivity index (χ4n) is 2.00. The summed E-state index contributed by atoms with van der Waals surface area (Å²) in [5.41, 5.74) is 1.18. The lowest BCUT2D eigenvalue weighted by Crippen LogP contribution is -2.27. The van der Waals surface area contributed by atoms with Gasteiger partial charge in [0.1, 0.15) is 0 Å². The third-order valence-corrected chi connectivity index (χ3v) is 3.46. The van der Waals surface area contributed by atoms with Crippen molar-refractivity contribution in [2.45, 2.75) is 12.8 Å². The summed E-state index contributed by atoms with van der Waals surface area (Å²) in [5, 5.41) is 0. The number of hydrogen-bond donors (Lipinski definition) is 1. The van der Waals surface area contributed by atoms with Crippen molar-refractivity contribution in [2.75, 3.05) is 18.8 Å². The van der Waals surface area contributed by atoms with E-state index < -0.39 is 0 Å². The number of carbonyl (C=O) groups excluding carboxylic acids is 1. The van der Waals surface area contributed by atoms with Crippen molar-refractivity contribution in [1.29, 1.82) is 0 Å². The van der Waals surface area contributed by atoms with Crippen LogP contribution in [0.1, 0.15) is 12.0 Å². The first kappa shape index (κ1) is 11.5. The predicted molar refractivity (Wildman–Crippen MR) is 66.5 cm³/mol. The van der Waals surface area contributed by atoms with Crippen LogP contribution in [-0.2, 0) is 11.2 Å². The number of hydrogen-bond acceptors (Lipinski definition) is 3. The van der Waals surface area contributed by atoms with Crippen LogP contribution >= 0.6 is 12.6 Å². The lowest BCUT2D eigenvalue weighted by atomic mass is 10.1. The summed E-state index contributed by atoms with van der Waals surface area (Å²) < 4.78 is 0. The summed E-state index contributed by atoms with van der Waals surface area (Å²) in [4.78, 5) is 17.6. The van der Waals surface area contributed by atoms with Gasteiger partial charge in [0.05, 0.1) is 0 Å². The van der Waals surface area contributed by atoms with Crippen LogP contribution in [0.2, 0.25) is 0 Å². The smallest absolute Gasteiger partial charge is 0.222 e. The van der Waals surface area contributed by atoms with E-state index in [2.05, 4.69) is 17.6 Å². The number of aromatic nitrogens is 1. The summed E-state index contributed by atoms with van der Waals surface area (Å²) >= 11 is 4.25. The van der Waals surface area contributed by atoms with E-state index in [-0.39, 0.29) is 5.91 Å². The van der Waals surface area contributed by atoms with Crippen molar-refractivity contribution in [1.82, 2.24) is 9.88 Å². The topological polar surface area (TPSA) is 33.2 Å². The zero-order chi connectivity index (χ0) is 11.4. The van der Waals surface area contributed by atoms with Gasteiger partial charge in [0.15, 0.2) is 0 Å². The molecule has 1 atom stereocenters. The zero-order valence-corrected chi connectivity index (χ0v) is 10.1. The second-order valence-corrected chi connectivity index (χ2v) is 4.57. The number of thiol groups is 1. The SMILES string of the molecule is O=C1CC(CS)CN1CCc1cccnc1. The number of rotatable bonds is 4. The predicted octanol–water partition coefficient (Wildman–Crippen LogP) is 1.40. The Morgan fingerprint density at radius 3 is 3.06 bits per heavy atom. The second kappa shape index (κ2) is 5.34. The van der Waals surface area contributed by atoms with E-state index in [1.807, 2.05) is 23.2 Å². The van der Waals surface area contributed by atoms with Crippen molar-refractivity contribution in [3.63, 3.8) is 0 Å². The van der Waals surface area contributed by atoms with Crippen molar-refractivity contribution < 1.29 is 4.79 Å². The first-order valence-corrected chi connectivity index (χ1v) is 6.20. The van der Waals surface area contributed by atoms with Gasteiger partial charge in [-0.15, -0.1) is 0 Å². The maximum atomic E-state index is 11.6. The largest absolute Gasteiger partial charge is 0.342 e. The van der Waals surface area contributed by atoms with Gasteiger partial charge in [-0.2, -0.15) is 12.6 Å². The average Bonchev–Trinajstić information content (AvgIpc) is 2.69. The van der Waals surface area contributed by atoms with Crippen molar-refractivity contribution >= 4 is 18.5 Å². The van der Waals surface area contributed by atoms with Gasteiger partial charge in [-0.3, -0.25) is 9.78 Å². The minimum Gasteiger partial charge on any atom is -0.342 e. The van der Waals surface area contributed by atoms with Crippen LogP contribution in [-0.4, -0.2) is 34.6 Å². The van der Waals surface area contributed by atoms with E-state index in [0.717, 1.165) is 25.3 Å². The molecule has 0 bridgehead atoms. The summed E-state index contributed by atoms with van der Waals surface area (Å²) in [6.07, 6.45) is 5.17. The molecule has 1 saturated heterocycles. The third-order valence-electron chi connectivity index (χ3n) is 2.95. The van der Waals surface area contributed by atoms with Crippen LogP contribution in [0.3, 0.4) is 0 Å². The maximum Gasteiger partial charge on any atom is 0.222 e. The molecule has 2 heterocycles. The van der Waals surface area contributed by atoms with Gasteiger partial charge < -0.3 is 4.90 Å². The molecule has 1 amide bonds. The van der Waals surface area contributed by atoms with E-state index in [9.17, 15) is 4.79 Å². The van der Waals surface area contributed by atoms with Crippen LogP contribution < -0.4 is 0 Å². The van der Waals surface area contributed by atoms with E-state index >= 15 is 0 Å². The van der Waals surface area contributed by atoms with Gasteiger partial charge in [0.2, 0.25) is 5.91 Å². The average molecular weight is 236 g/mol. The standard InChI is InChI=1S/C12H16N2OS/c15-12-6-11(9-16)8-14(12)5-3-10-2-1-4-13-7-10/h1-2,4,7,11,16H,3,5-6,8-9H2. The molecule has 1 fully saturated rings. The zero-order valence-electron chi connectivity index (χ0n) is 9.17. The highest BCUT2D eigenvalue weighted by molar-refractivity contribution is 7.80. The number of amides is 1. The number of nitrogens with zero attached hydrogens (tertiary/aromatic N) is 2. The summed E-state index contributed by atoms with van der Waals surface area (Å²) in [5.74, 6) is 1.50. The van der Waals surface area contributed by atoms with Crippen LogP contribution in [0.5, 0.6) is 0 Å². The normalized spacial score (nSPS) is 20.4. The minimum atomic E-state index is 0.267. The van der Waals surface area contributed by atoms with Gasteiger partial charge in [0, 0.05) is 31.9 Å². The Bertz CT molecular complexity index is 355. The van der Waals surface area contributed by atoms with Gasteiger partial charge in [-0.05, 0) is 29.7 Å². The highest BCUT2D eigenvalue weighted by Gasteiger charge is 2.27. The Labute approximate surface area is 101 Å². The molecule has 86 valence electrons. The Hall–Kier alpha value is -1.03. The Kier molecular flexibility index (Phi) is 3.83. The first-order valence-electron chi connectivity index (χ1n) is 5.57. The highest BCUT2D eigenvalue weighted by atomic mass is 32.1. The monoisotopic (exact) mass is 236 g/mol. The molecule has 1 unspecified atom stereocenters. The molecule has 0 aromatic carbocycles. The van der Waals surface area contributed by atoms with Crippen LogP contribution in [0, 0.1) is 5.92 Å². The molecule has 16 heavy (non-hydrogen) atoms. The molecule has 0 aliphatic carbocycles. The number of pyridine rings is 1. The Morgan fingerprint density at radius 1 is 1.56 bits per heavy atom. The molecule has 0 saturated carbocycles. The summed E-state index contributed by atoms with van der Waals surface area (Å²) in [6, 6.07) is 3.97. The number of likely N-dealkylation sites (tertiary alicyclic amines) is 1. The molecule has 4 heteroatoms. The molecule has 0 spiro atoms. The third kappa shape index (κ3) is 2.76. The molecule has 1 aromatic heterocycles. The van der Waals surface area contributed by atoms with Crippen LogP contribution in [0.25, 0.3) is 0 Å². The van der Waals surface area contributed by atoms with E-state index in [4.69, 9.17) is 0 Å². The lowest BCUT2D eigenvalue weighted by Gasteiger charge is -2.15. The molecule has 1 aromatic rings. The van der Waals surface area contributed by atoms with Crippen molar-refractivity contribution in [2.24, 2.45) is 5.92 Å². The van der Waals surface area contributed by atoms with Crippen molar-refractivity contribution in [3.05, 3.63) is 30.1 Å². The van der Waals surface area contributed by atoms with Gasteiger partial charge in [0.25, 0.3) is 0 Å². The molecule has 3 nitrogen and oxygen atoms in total. The number of carbonyl (C=O) groups is 1. The highest BCUT2D eigenvalue weighted by Crippen LogP contribution is 2.18. The molecule has 1 aliphatic rings. The van der Waals surface area contributed by atoms with Gasteiger partial charge >= 0.3 is 0 Å². The Morgan fingerprint density at radius 2 is 2.44 bits per heavy atom. The van der Waals surface area contributed by atoms with Gasteiger partial charge in [-0.25, -0.2) is 0 Å². The molecular formula is C12H16N2OS. The maximum absolute atomic E-state index is 11.6. The lowest BCUT2D eigenvalue weighted by molar-refractivity contribution is -0.127. The molecule has 0 radical (unpaired) electrons. The van der Waals surface area contributed by atoms with Crippen molar-refractivity contribution in [3.8, 4) is 0 Å². The fourth-order valence-corrected chi connectivity index (χ4v) is 2.25. The fraction of sp³-hybridized carbons (Fsp3) is 0.500. The van der Waals surface area contributed by atoms with E-state index in [1.165, 1.54) is 5.56 Å². The molecule has 1 aliphatic heterocycles.